The SMILES string of the molecule is CCOC(=O)Cn1c(=NC(=O)CSCC(=O)N2CCCC2)sc2cc(Br)ccc21. The molecule has 0 unspecified atom stereocenters. The van der Waals surface area contributed by atoms with Crippen LogP contribution in [0.25, 0.3) is 10.2 Å². The van der Waals surface area contributed by atoms with Crippen LogP contribution >= 0.6 is 39.0 Å². The fourth-order valence-electron chi connectivity index (χ4n) is 3.04. The molecule has 10 heteroatoms. The third-order valence-corrected chi connectivity index (χ3v) is 6.80. The number of rotatable bonds is 7. The van der Waals surface area contributed by atoms with Crippen LogP contribution in [0.1, 0.15) is 19.8 Å². The van der Waals surface area contributed by atoms with Crippen molar-refractivity contribution in [1.29, 1.82) is 0 Å². The number of hydrogen-bond donors (Lipinski definition) is 0. The lowest BCUT2D eigenvalue weighted by atomic mass is 10.3. The molecule has 3 rings (SSSR count). The molecule has 1 aliphatic heterocycles. The number of carbonyl (C=O) groups is 3. The highest BCUT2D eigenvalue weighted by atomic mass is 79.9. The molecule has 2 aromatic rings. The second-order valence-electron chi connectivity index (χ2n) is 6.47. The summed E-state index contributed by atoms with van der Waals surface area (Å²) in [5, 5.41) is 0. The summed E-state index contributed by atoms with van der Waals surface area (Å²) >= 11 is 6.05. The molecular formula is C19H22BrN3O4S2. The maximum atomic E-state index is 12.4. The van der Waals surface area contributed by atoms with Gasteiger partial charge in [-0.05, 0) is 38.0 Å². The highest BCUT2D eigenvalue weighted by molar-refractivity contribution is 9.10. The Morgan fingerprint density at radius 1 is 1.24 bits per heavy atom. The number of esters is 1. The van der Waals surface area contributed by atoms with E-state index in [0.717, 1.165) is 40.6 Å². The minimum absolute atomic E-state index is 0.0117. The van der Waals surface area contributed by atoms with Gasteiger partial charge in [-0.25, -0.2) is 0 Å². The van der Waals surface area contributed by atoms with E-state index in [9.17, 15) is 14.4 Å². The van der Waals surface area contributed by atoms with Crippen LogP contribution in [0, 0.1) is 0 Å². The standard InChI is InChI=1S/C19H22BrN3O4S2/c1-2-27-18(26)10-23-14-6-5-13(20)9-15(14)29-19(23)21-16(24)11-28-12-17(25)22-7-3-4-8-22/h5-6,9H,2-4,7-8,10-12H2,1H3. The largest absolute Gasteiger partial charge is 0.465 e. The van der Waals surface area contributed by atoms with E-state index >= 15 is 0 Å². The summed E-state index contributed by atoms with van der Waals surface area (Å²) in [6, 6.07) is 5.68. The van der Waals surface area contributed by atoms with Crippen molar-refractivity contribution >= 4 is 67.0 Å². The van der Waals surface area contributed by atoms with Crippen LogP contribution in [0.15, 0.2) is 27.7 Å². The topological polar surface area (TPSA) is 81.0 Å². The third-order valence-electron chi connectivity index (χ3n) is 4.37. The molecule has 1 fully saturated rings. The summed E-state index contributed by atoms with van der Waals surface area (Å²) in [6.45, 7) is 3.65. The second-order valence-corrected chi connectivity index (χ2v) is 9.38. The monoisotopic (exact) mass is 499 g/mol. The number of fused-ring (bicyclic) bond motifs is 1. The van der Waals surface area contributed by atoms with Gasteiger partial charge in [-0.2, -0.15) is 4.99 Å². The van der Waals surface area contributed by atoms with Crippen molar-refractivity contribution < 1.29 is 19.1 Å². The summed E-state index contributed by atoms with van der Waals surface area (Å²) in [5.74, 6) is -0.230. The quantitative estimate of drug-likeness (QED) is 0.547. The zero-order valence-electron chi connectivity index (χ0n) is 16.1. The minimum Gasteiger partial charge on any atom is -0.465 e. The second kappa shape index (κ2) is 10.4. The van der Waals surface area contributed by atoms with Crippen LogP contribution in [0.5, 0.6) is 0 Å². The van der Waals surface area contributed by atoms with Crippen LogP contribution < -0.4 is 4.80 Å². The van der Waals surface area contributed by atoms with Gasteiger partial charge in [0.05, 0.1) is 28.3 Å². The molecule has 0 radical (unpaired) electrons. The lowest BCUT2D eigenvalue weighted by molar-refractivity contribution is -0.143. The Labute approximate surface area is 185 Å². The lowest BCUT2D eigenvalue weighted by Gasteiger charge is -2.14. The van der Waals surface area contributed by atoms with Crippen molar-refractivity contribution in [2.24, 2.45) is 4.99 Å². The zero-order valence-corrected chi connectivity index (χ0v) is 19.3. The first-order chi connectivity index (χ1) is 14.0. The molecule has 1 aliphatic rings. The minimum atomic E-state index is -0.380. The van der Waals surface area contributed by atoms with E-state index in [1.807, 2.05) is 23.1 Å². The van der Waals surface area contributed by atoms with Gasteiger partial charge >= 0.3 is 5.97 Å². The van der Waals surface area contributed by atoms with Crippen LogP contribution in [0.2, 0.25) is 0 Å². The lowest BCUT2D eigenvalue weighted by Crippen LogP contribution is -2.29. The van der Waals surface area contributed by atoms with E-state index in [0.29, 0.717) is 11.4 Å². The number of benzene rings is 1. The fraction of sp³-hybridized carbons (Fsp3) is 0.474. The van der Waals surface area contributed by atoms with Gasteiger partial charge < -0.3 is 14.2 Å². The van der Waals surface area contributed by atoms with Crippen molar-refractivity contribution in [3.05, 3.63) is 27.5 Å². The summed E-state index contributed by atoms with van der Waals surface area (Å²) in [7, 11) is 0. The summed E-state index contributed by atoms with van der Waals surface area (Å²) in [4.78, 5) is 43.0. The van der Waals surface area contributed by atoms with Gasteiger partial charge in [-0.3, -0.25) is 14.4 Å². The van der Waals surface area contributed by atoms with Gasteiger partial charge in [0.25, 0.3) is 5.91 Å². The summed E-state index contributed by atoms with van der Waals surface area (Å²) in [5.41, 5.74) is 0.815. The van der Waals surface area contributed by atoms with E-state index in [4.69, 9.17) is 4.74 Å². The highest BCUT2D eigenvalue weighted by Gasteiger charge is 2.18. The molecule has 1 aromatic heterocycles. The molecule has 156 valence electrons. The Morgan fingerprint density at radius 2 is 2.00 bits per heavy atom. The van der Waals surface area contributed by atoms with E-state index in [1.165, 1.54) is 23.1 Å². The van der Waals surface area contributed by atoms with Crippen LogP contribution in [-0.2, 0) is 25.7 Å². The molecule has 1 saturated heterocycles. The first-order valence-electron chi connectivity index (χ1n) is 9.35. The molecule has 0 aliphatic carbocycles. The Kier molecular flexibility index (Phi) is 7.91. The summed E-state index contributed by atoms with van der Waals surface area (Å²) in [6.07, 6.45) is 2.10. The molecule has 1 aromatic carbocycles. The smallest absolute Gasteiger partial charge is 0.326 e. The number of ether oxygens (including phenoxy) is 1. The number of thiazole rings is 1. The van der Waals surface area contributed by atoms with Gasteiger partial charge in [-0.1, -0.05) is 27.3 Å². The average molecular weight is 500 g/mol. The first-order valence-corrected chi connectivity index (χ1v) is 12.1. The van der Waals surface area contributed by atoms with Gasteiger partial charge in [0, 0.05) is 17.6 Å². The summed E-state index contributed by atoms with van der Waals surface area (Å²) < 4.78 is 8.56. The molecule has 0 atom stereocenters. The number of likely N-dealkylation sites (tertiary alicyclic amines) is 1. The van der Waals surface area contributed by atoms with Gasteiger partial charge in [0.1, 0.15) is 6.54 Å². The number of aromatic nitrogens is 1. The third kappa shape index (κ3) is 5.93. The molecule has 2 amide bonds. The number of carbonyl (C=O) groups excluding carboxylic acids is 3. The Bertz CT molecular complexity index is 979. The van der Waals surface area contributed by atoms with E-state index < -0.39 is 0 Å². The first kappa shape index (κ1) is 22.0. The predicted molar refractivity (Wildman–Crippen MR) is 118 cm³/mol. The molecule has 0 bridgehead atoms. The highest BCUT2D eigenvalue weighted by Crippen LogP contribution is 2.22. The van der Waals surface area contributed by atoms with Crippen molar-refractivity contribution in [2.75, 3.05) is 31.2 Å². The van der Waals surface area contributed by atoms with Crippen LogP contribution in [0.3, 0.4) is 0 Å². The molecular weight excluding hydrogens is 478 g/mol. The zero-order chi connectivity index (χ0) is 20.8. The molecule has 0 saturated carbocycles. The maximum Gasteiger partial charge on any atom is 0.326 e. The number of amides is 2. The van der Waals surface area contributed by atoms with Crippen molar-refractivity contribution in [3.63, 3.8) is 0 Å². The predicted octanol–water partition coefficient (Wildman–Crippen LogP) is 2.81. The normalized spacial score (nSPS) is 14.6. The fourth-order valence-corrected chi connectivity index (χ4v) is 5.34. The molecule has 29 heavy (non-hydrogen) atoms. The number of halogens is 1. The molecule has 7 nitrogen and oxygen atoms in total. The molecule has 2 heterocycles. The van der Waals surface area contributed by atoms with Gasteiger partial charge in [0.15, 0.2) is 4.80 Å². The Hall–Kier alpha value is -1.65. The van der Waals surface area contributed by atoms with Crippen LogP contribution in [-0.4, -0.2) is 58.5 Å². The molecule has 0 spiro atoms. The Morgan fingerprint density at radius 3 is 2.72 bits per heavy atom. The average Bonchev–Trinajstić information content (AvgIpc) is 3.31. The van der Waals surface area contributed by atoms with Gasteiger partial charge in [0.2, 0.25) is 5.91 Å². The maximum absolute atomic E-state index is 12.4. The number of nitrogens with zero attached hydrogens (tertiary/aromatic N) is 3. The van der Waals surface area contributed by atoms with E-state index in [2.05, 4.69) is 20.9 Å². The van der Waals surface area contributed by atoms with E-state index in [-0.39, 0.29) is 35.8 Å². The van der Waals surface area contributed by atoms with Gasteiger partial charge in [-0.15, -0.1) is 11.8 Å². The van der Waals surface area contributed by atoms with Crippen molar-refractivity contribution in [3.8, 4) is 0 Å². The van der Waals surface area contributed by atoms with Crippen molar-refractivity contribution in [1.82, 2.24) is 9.47 Å². The molecule has 0 N–H and O–H groups in total. The van der Waals surface area contributed by atoms with E-state index in [1.54, 1.807) is 11.5 Å². The Balaban J connectivity index is 1.73. The number of hydrogen-bond acceptors (Lipinski definition) is 6. The van der Waals surface area contributed by atoms with Crippen molar-refractivity contribution in [2.45, 2.75) is 26.3 Å². The van der Waals surface area contributed by atoms with Crippen LogP contribution in [0.4, 0.5) is 0 Å². The number of thioether (sulfide) groups is 1.